The number of halogens is 3. The molecule has 0 aromatic heterocycles. The second kappa shape index (κ2) is 5.36. The molecule has 0 radical (unpaired) electrons. The topological polar surface area (TPSA) is 72.5 Å². The summed E-state index contributed by atoms with van der Waals surface area (Å²) in [5.41, 5.74) is 0. The molecule has 9 heteroatoms. The predicted octanol–water partition coefficient (Wildman–Crippen LogP) is 0.555. The summed E-state index contributed by atoms with van der Waals surface area (Å²) in [7, 11) is -3.45. The van der Waals surface area contributed by atoms with Gasteiger partial charge in [-0.15, -0.1) is 0 Å². The summed E-state index contributed by atoms with van der Waals surface area (Å²) in [5, 5.41) is 0. The fourth-order valence-corrected chi connectivity index (χ4v) is 2.06. The minimum absolute atomic E-state index is 0.463. The van der Waals surface area contributed by atoms with Crippen molar-refractivity contribution < 1.29 is 31.1 Å². The molecule has 100 valence electrons. The summed E-state index contributed by atoms with van der Waals surface area (Å²) in [6.07, 6.45) is 0. The number of sulfonamides is 1. The van der Waals surface area contributed by atoms with Crippen molar-refractivity contribution in [1.82, 2.24) is 4.72 Å². The van der Waals surface area contributed by atoms with E-state index in [0.717, 1.165) is 7.11 Å². The van der Waals surface area contributed by atoms with Crippen LogP contribution in [0.15, 0.2) is 17.0 Å². The van der Waals surface area contributed by atoms with Crippen LogP contribution < -0.4 is 4.72 Å². The Bertz CT molecular complexity index is 573. The molecule has 18 heavy (non-hydrogen) atoms. The Morgan fingerprint density at radius 1 is 1.28 bits per heavy atom. The van der Waals surface area contributed by atoms with E-state index in [2.05, 4.69) is 4.74 Å². The highest BCUT2D eigenvalue weighted by Crippen LogP contribution is 2.19. The van der Waals surface area contributed by atoms with Crippen LogP contribution in [0.2, 0.25) is 0 Å². The van der Waals surface area contributed by atoms with Gasteiger partial charge < -0.3 is 4.74 Å². The molecule has 1 rings (SSSR count). The third-order valence-corrected chi connectivity index (χ3v) is 3.34. The highest BCUT2D eigenvalue weighted by atomic mass is 32.2. The summed E-state index contributed by atoms with van der Waals surface area (Å²) in [5.74, 6) is -6.19. The molecule has 1 aromatic rings. The van der Waals surface area contributed by atoms with E-state index in [9.17, 15) is 26.4 Å². The number of benzene rings is 1. The summed E-state index contributed by atoms with van der Waals surface area (Å²) in [6, 6.07) is 1.01. The van der Waals surface area contributed by atoms with Gasteiger partial charge in [0.15, 0.2) is 17.5 Å². The quantitative estimate of drug-likeness (QED) is 0.647. The second-order valence-corrected chi connectivity index (χ2v) is 4.81. The normalized spacial score (nSPS) is 11.3. The van der Waals surface area contributed by atoms with Gasteiger partial charge in [0.05, 0.1) is 7.11 Å². The van der Waals surface area contributed by atoms with Gasteiger partial charge in [-0.1, -0.05) is 0 Å². The fourth-order valence-electron chi connectivity index (χ4n) is 1.02. The molecule has 0 spiro atoms. The lowest BCUT2D eigenvalue weighted by Gasteiger charge is -2.07. The minimum Gasteiger partial charge on any atom is -0.468 e. The van der Waals surface area contributed by atoms with Crippen LogP contribution in [0.3, 0.4) is 0 Å². The van der Waals surface area contributed by atoms with E-state index < -0.39 is 44.9 Å². The lowest BCUT2D eigenvalue weighted by molar-refractivity contribution is -0.139. The number of carbonyl (C=O) groups is 1. The van der Waals surface area contributed by atoms with Crippen molar-refractivity contribution in [3.63, 3.8) is 0 Å². The Balaban J connectivity index is 3.06. The van der Waals surface area contributed by atoms with Crippen LogP contribution in [0.5, 0.6) is 0 Å². The zero-order chi connectivity index (χ0) is 13.9. The lowest BCUT2D eigenvalue weighted by Crippen LogP contribution is -2.31. The summed E-state index contributed by atoms with van der Waals surface area (Å²) < 4.78 is 67.5. The summed E-state index contributed by atoms with van der Waals surface area (Å²) in [6.45, 7) is -0.753. The van der Waals surface area contributed by atoms with Crippen molar-refractivity contribution in [3.05, 3.63) is 29.6 Å². The molecule has 0 aliphatic rings. The molecule has 1 aromatic carbocycles. The average Bonchev–Trinajstić information content (AvgIpc) is 2.32. The maximum absolute atomic E-state index is 13.2. The number of ether oxygens (including phenoxy) is 1. The SMILES string of the molecule is COC(=O)CNS(=O)(=O)c1ccc(F)c(F)c1F. The van der Waals surface area contributed by atoms with Gasteiger partial charge in [0, 0.05) is 0 Å². The summed E-state index contributed by atoms with van der Waals surface area (Å²) in [4.78, 5) is 9.63. The van der Waals surface area contributed by atoms with Crippen LogP contribution in [0.1, 0.15) is 0 Å². The Morgan fingerprint density at radius 3 is 2.44 bits per heavy atom. The molecule has 0 atom stereocenters. The van der Waals surface area contributed by atoms with Gasteiger partial charge in [0.2, 0.25) is 10.0 Å². The van der Waals surface area contributed by atoms with Crippen LogP contribution in [0, 0.1) is 17.5 Å². The molecule has 0 aliphatic carbocycles. The third kappa shape index (κ3) is 2.99. The number of methoxy groups -OCH3 is 1. The van der Waals surface area contributed by atoms with Crippen molar-refractivity contribution >= 4 is 16.0 Å². The van der Waals surface area contributed by atoms with E-state index in [1.165, 1.54) is 0 Å². The van der Waals surface area contributed by atoms with Crippen molar-refractivity contribution in [2.24, 2.45) is 0 Å². The van der Waals surface area contributed by atoms with Gasteiger partial charge in [-0.05, 0) is 12.1 Å². The second-order valence-electron chi connectivity index (χ2n) is 3.07. The molecule has 0 fully saturated rings. The minimum atomic E-state index is -4.47. The van der Waals surface area contributed by atoms with Crippen LogP contribution in [-0.2, 0) is 19.6 Å². The number of nitrogens with one attached hydrogen (secondary N) is 1. The van der Waals surface area contributed by atoms with Gasteiger partial charge >= 0.3 is 5.97 Å². The molecule has 1 N–H and O–H groups in total. The molecule has 0 saturated carbocycles. The smallest absolute Gasteiger partial charge is 0.320 e. The number of esters is 1. The lowest BCUT2D eigenvalue weighted by atomic mass is 10.3. The molecule has 0 aliphatic heterocycles. The Kier molecular flexibility index (Phi) is 4.30. The molecular formula is C9H8F3NO4S. The molecule has 0 amide bonds. The molecule has 0 heterocycles. The first-order valence-corrected chi connectivity index (χ1v) is 5.98. The van der Waals surface area contributed by atoms with E-state index >= 15 is 0 Å². The predicted molar refractivity (Wildman–Crippen MR) is 53.5 cm³/mol. The molecule has 0 bridgehead atoms. The van der Waals surface area contributed by atoms with Gasteiger partial charge in [-0.2, -0.15) is 4.72 Å². The molecule has 0 saturated heterocycles. The standard InChI is InChI=1S/C9H8F3NO4S/c1-17-7(14)4-13-18(15,16)6-3-2-5(10)8(11)9(6)12/h2-3,13H,4H2,1H3. The van der Waals surface area contributed by atoms with E-state index in [1.807, 2.05) is 0 Å². The monoisotopic (exact) mass is 283 g/mol. The van der Waals surface area contributed by atoms with Crippen LogP contribution in [0.25, 0.3) is 0 Å². The molecule has 5 nitrogen and oxygen atoms in total. The largest absolute Gasteiger partial charge is 0.468 e. The van der Waals surface area contributed by atoms with Gasteiger partial charge in [0.1, 0.15) is 11.4 Å². The Labute approximate surface area is 101 Å². The first kappa shape index (κ1) is 14.5. The van der Waals surface area contributed by atoms with Crippen molar-refractivity contribution in [3.8, 4) is 0 Å². The first-order valence-electron chi connectivity index (χ1n) is 4.49. The number of hydrogen-bond acceptors (Lipinski definition) is 4. The fraction of sp³-hybridized carbons (Fsp3) is 0.222. The summed E-state index contributed by atoms with van der Waals surface area (Å²) >= 11 is 0. The molecular weight excluding hydrogens is 275 g/mol. The van der Waals surface area contributed by atoms with Crippen molar-refractivity contribution in [2.75, 3.05) is 13.7 Å². The zero-order valence-electron chi connectivity index (χ0n) is 9.04. The highest BCUT2D eigenvalue weighted by Gasteiger charge is 2.24. The van der Waals surface area contributed by atoms with Crippen LogP contribution >= 0.6 is 0 Å². The Morgan fingerprint density at radius 2 is 1.89 bits per heavy atom. The maximum Gasteiger partial charge on any atom is 0.320 e. The van der Waals surface area contributed by atoms with E-state index in [0.29, 0.717) is 12.1 Å². The van der Waals surface area contributed by atoms with E-state index in [4.69, 9.17) is 0 Å². The third-order valence-electron chi connectivity index (χ3n) is 1.92. The zero-order valence-corrected chi connectivity index (χ0v) is 9.85. The van der Waals surface area contributed by atoms with Gasteiger partial charge in [-0.25, -0.2) is 21.6 Å². The molecule has 0 unspecified atom stereocenters. The number of carbonyl (C=O) groups excluding carboxylic acids is 1. The first-order chi connectivity index (χ1) is 8.29. The highest BCUT2D eigenvalue weighted by molar-refractivity contribution is 7.89. The number of rotatable bonds is 4. The average molecular weight is 283 g/mol. The van der Waals surface area contributed by atoms with Gasteiger partial charge in [0.25, 0.3) is 0 Å². The van der Waals surface area contributed by atoms with Crippen molar-refractivity contribution in [1.29, 1.82) is 0 Å². The van der Waals surface area contributed by atoms with Crippen molar-refractivity contribution in [2.45, 2.75) is 4.90 Å². The Hall–Kier alpha value is -1.61. The van der Waals surface area contributed by atoms with Crippen LogP contribution in [0.4, 0.5) is 13.2 Å². The van der Waals surface area contributed by atoms with E-state index in [1.54, 1.807) is 4.72 Å². The number of hydrogen-bond donors (Lipinski definition) is 1. The van der Waals surface area contributed by atoms with E-state index in [-0.39, 0.29) is 0 Å². The van der Waals surface area contributed by atoms with Gasteiger partial charge in [-0.3, -0.25) is 4.79 Å². The van der Waals surface area contributed by atoms with Crippen LogP contribution in [-0.4, -0.2) is 28.0 Å². The maximum atomic E-state index is 13.2.